The zero-order valence-electron chi connectivity index (χ0n) is 9.26. The maximum Gasteiger partial charge on any atom is 0.252 e. The average molecular weight is 247 g/mol. The first-order valence-corrected chi connectivity index (χ1v) is 6.29. The molecule has 1 N–H and O–H groups in total. The first-order chi connectivity index (χ1) is 8.36. The van der Waals surface area contributed by atoms with Crippen LogP contribution < -0.4 is 10.1 Å². The number of hydrogen-bond donors (Lipinski definition) is 1. The number of carbonyl (C=O) groups is 1. The molecule has 0 spiro atoms. The third-order valence-corrected chi connectivity index (χ3v) is 2.87. The fraction of sp³-hybridized carbons (Fsp3) is 0.154. The predicted octanol–water partition coefficient (Wildman–Crippen LogP) is 2.56. The summed E-state index contributed by atoms with van der Waals surface area (Å²) in [6, 6.07) is 11.4. The van der Waals surface area contributed by atoms with E-state index in [4.69, 9.17) is 4.74 Å². The van der Waals surface area contributed by atoms with E-state index in [1.807, 2.05) is 41.1 Å². The van der Waals surface area contributed by atoms with Gasteiger partial charge in [0.25, 0.3) is 5.91 Å². The van der Waals surface area contributed by atoms with Crippen molar-refractivity contribution in [1.82, 2.24) is 5.32 Å². The molecule has 0 saturated heterocycles. The molecule has 2 aromatic rings. The number of carbonyl (C=O) groups excluding carboxylic acids is 1. The smallest absolute Gasteiger partial charge is 0.252 e. The number of ether oxygens (including phenoxy) is 1. The molecule has 0 fully saturated rings. The number of benzene rings is 1. The quantitative estimate of drug-likeness (QED) is 0.825. The third-order valence-electron chi connectivity index (χ3n) is 2.18. The minimum Gasteiger partial charge on any atom is -0.492 e. The monoisotopic (exact) mass is 247 g/mol. The molecule has 1 heterocycles. The molecule has 0 aliphatic rings. The van der Waals surface area contributed by atoms with E-state index in [1.54, 1.807) is 6.07 Å². The van der Waals surface area contributed by atoms with Crippen LogP contribution in [0.25, 0.3) is 0 Å². The molecule has 0 aliphatic carbocycles. The minimum atomic E-state index is -0.0529. The van der Waals surface area contributed by atoms with Crippen molar-refractivity contribution in [2.75, 3.05) is 13.2 Å². The van der Waals surface area contributed by atoms with Gasteiger partial charge < -0.3 is 10.1 Å². The highest BCUT2D eigenvalue weighted by Crippen LogP contribution is 2.07. The molecule has 1 aromatic heterocycles. The van der Waals surface area contributed by atoms with Crippen molar-refractivity contribution in [2.45, 2.75) is 0 Å². The van der Waals surface area contributed by atoms with Crippen molar-refractivity contribution in [3.63, 3.8) is 0 Å². The maximum atomic E-state index is 11.6. The summed E-state index contributed by atoms with van der Waals surface area (Å²) in [5, 5.41) is 6.51. The average Bonchev–Trinajstić information content (AvgIpc) is 2.89. The van der Waals surface area contributed by atoms with Gasteiger partial charge in [0.15, 0.2) is 0 Å². The van der Waals surface area contributed by atoms with Crippen molar-refractivity contribution in [2.24, 2.45) is 0 Å². The Balaban J connectivity index is 1.69. The van der Waals surface area contributed by atoms with Crippen LogP contribution in [0, 0.1) is 0 Å². The molecule has 0 radical (unpaired) electrons. The van der Waals surface area contributed by atoms with Crippen molar-refractivity contribution in [3.8, 4) is 5.75 Å². The standard InChI is InChI=1S/C13H13NO2S/c15-13(11-6-9-17-10-11)14-7-8-16-12-4-2-1-3-5-12/h1-6,9-10H,7-8H2,(H,14,15). The van der Waals surface area contributed by atoms with Crippen LogP contribution in [0.4, 0.5) is 0 Å². The Bertz CT molecular complexity index is 454. The van der Waals surface area contributed by atoms with Gasteiger partial charge in [0.05, 0.1) is 6.54 Å². The Kier molecular flexibility index (Phi) is 4.16. The lowest BCUT2D eigenvalue weighted by atomic mass is 10.3. The highest BCUT2D eigenvalue weighted by Gasteiger charge is 2.03. The zero-order valence-corrected chi connectivity index (χ0v) is 10.1. The fourth-order valence-corrected chi connectivity index (χ4v) is 1.98. The summed E-state index contributed by atoms with van der Waals surface area (Å²) < 4.78 is 5.46. The second-order valence-electron chi connectivity index (χ2n) is 3.43. The van der Waals surface area contributed by atoms with Crippen molar-refractivity contribution < 1.29 is 9.53 Å². The zero-order chi connectivity index (χ0) is 11.9. The molecule has 2 rings (SSSR count). The lowest BCUT2D eigenvalue weighted by Gasteiger charge is -2.06. The normalized spacial score (nSPS) is 9.88. The number of nitrogens with one attached hydrogen (secondary N) is 1. The summed E-state index contributed by atoms with van der Waals surface area (Å²) in [6.45, 7) is 0.976. The van der Waals surface area contributed by atoms with E-state index in [9.17, 15) is 4.79 Å². The van der Waals surface area contributed by atoms with E-state index in [-0.39, 0.29) is 5.91 Å². The third kappa shape index (κ3) is 3.60. The summed E-state index contributed by atoms with van der Waals surface area (Å²) in [5.74, 6) is 0.764. The Hall–Kier alpha value is -1.81. The van der Waals surface area contributed by atoms with Crippen LogP contribution in [0.15, 0.2) is 47.2 Å². The summed E-state index contributed by atoms with van der Waals surface area (Å²) in [5.41, 5.74) is 0.703. The molecule has 0 bridgehead atoms. The lowest BCUT2D eigenvalue weighted by molar-refractivity contribution is 0.0947. The highest BCUT2D eigenvalue weighted by molar-refractivity contribution is 7.08. The van der Waals surface area contributed by atoms with Gasteiger partial charge in [-0.15, -0.1) is 0 Å². The maximum absolute atomic E-state index is 11.6. The molecule has 0 saturated carbocycles. The molecule has 88 valence electrons. The van der Waals surface area contributed by atoms with Crippen LogP contribution in [-0.2, 0) is 0 Å². The van der Waals surface area contributed by atoms with E-state index in [0.29, 0.717) is 18.7 Å². The SMILES string of the molecule is O=C(NCCOc1ccccc1)c1ccsc1. The summed E-state index contributed by atoms with van der Waals surface area (Å²) in [4.78, 5) is 11.6. The highest BCUT2D eigenvalue weighted by atomic mass is 32.1. The number of amides is 1. The number of hydrogen-bond acceptors (Lipinski definition) is 3. The van der Waals surface area contributed by atoms with Crippen LogP contribution in [0.1, 0.15) is 10.4 Å². The van der Waals surface area contributed by atoms with Crippen molar-refractivity contribution in [1.29, 1.82) is 0 Å². The van der Waals surface area contributed by atoms with E-state index < -0.39 is 0 Å². The van der Waals surface area contributed by atoms with Gasteiger partial charge in [0, 0.05) is 10.9 Å². The van der Waals surface area contributed by atoms with Gasteiger partial charge in [0.1, 0.15) is 12.4 Å². The molecule has 0 aliphatic heterocycles. The number of rotatable bonds is 5. The molecular weight excluding hydrogens is 234 g/mol. The van der Waals surface area contributed by atoms with Gasteiger partial charge in [-0.2, -0.15) is 11.3 Å². The Morgan fingerprint density at radius 2 is 2.06 bits per heavy atom. The Labute approximate surface area is 104 Å². The van der Waals surface area contributed by atoms with Crippen molar-refractivity contribution >= 4 is 17.2 Å². The summed E-state index contributed by atoms with van der Waals surface area (Å²) in [7, 11) is 0. The molecule has 0 atom stereocenters. The molecular formula is C13H13NO2S. The van der Waals surface area contributed by atoms with E-state index in [1.165, 1.54) is 11.3 Å². The summed E-state index contributed by atoms with van der Waals surface area (Å²) in [6.07, 6.45) is 0. The minimum absolute atomic E-state index is 0.0529. The van der Waals surface area contributed by atoms with E-state index in [2.05, 4.69) is 5.32 Å². The molecule has 4 heteroatoms. The largest absolute Gasteiger partial charge is 0.492 e. The molecule has 0 unspecified atom stereocenters. The van der Waals surface area contributed by atoms with E-state index >= 15 is 0 Å². The number of para-hydroxylation sites is 1. The van der Waals surface area contributed by atoms with Gasteiger partial charge in [-0.3, -0.25) is 4.79 Å². The van der Waals surface area contributed by atoms with Gasteiger partial charge in [0.2, 0.25) is 0 Å². The van der Waals surface area contributed by atoms with Crippen molar-refractivity contribution in [3.05, 3.63) is 52.7 Å². The van der Waals surface area contributed by atoms with Crippen LogP contribution in [-0.4, -0.2) is 19.1 Å². The van der Waals surface area contributed by atoms with Gasteiger partial charge in [-0.05, 0) is 23.6 Å². The van der Waals surface area contributed by atoms with Crippen LogP contribution >= 0.6 is 11.3 Å². The molecule has 1 aromatic carbocycles. The predicted molar refractivity (Wildman–Crippen MR) is 68.6 cm³/mol. The summed E-state index contributed by atoms with van der Waals surface area (Å²) >= 11 is 1.51. The van der Waals surface area contributed by atoms with Gasteiger partial charge >= 0.3 is 0 Å². The second-order valence-corrected chi connectivity index (χ2v) is 4.21. The molecule has 3 nitrogen and oxygen atoms in total. The Morgan fingerprint density at radius 1 is 1.24 bits per heavy atom. The number of thiophene rings is 1. The first kappa shape index (κ1) is 11.7. The molecule has 17 heavy (non-hydrogen) atoms. The first-order valence-electron chi connectivity index (χ1n) is 5.34. The van der Waals surface area contributed by atoms with Crippen LogP contribution in [0.5, 0.6) is 5.75 Å². The second kappa shape index (κ2) is 6.06. The van der Waals surface area contributed by atoms with Gasteiger partial charge in [-0.25, -0.2) is 0 Å². The van der Waals surface area contributed by atoms with Crippen LogP contribution in [0.3, 0.4) is 0 Å². The Morgan fingerprint density at radius 3 is 2.76 bits per heavy atom. The van der Waals surface area contributed by atoms with E-state index in [0.717, 1.165) is 5.75 Å². The van der Waals surface area contributed by atoms with Crippen LogP contribution in [0.2, 0.25) is 0 Å². The fourth-order valence-electron chi connectivity index (χ4n) is 1.35. The lowest BCUT2D eigenvalue weighted by Crippen LogP contribution is -2.27. The van der Waals surface area contributed by atoms with Gasteiger partial charge in [-0.1, -0.05) is 18.2 Å². The molecule has 1 amide bonds. The topological polar surface area (TPSA) is 38.3 Å².